The average molecular weight is 262 g/mol. The third-order valence-electron chi connectivity index (χ3n) is 3.49. The smallest absolute Gasteiger partial charge is 0.112 e. The van der Waals surface area contributed by atoms with Gasteiger partial charge in [0.15, 0.2) is 0 Å². The van der Waals surface area contributed by atoms with Crippen molar-refractivity contribution in [2.45, 2.75) is 46.2 Å². The number of nitrogens with zero attached hydrogens (tertiary/aromatic N) is 1. The normalized spacial score (nSPS) is 24.8. The Kier molecular flexibility index (Phi) is 4.64. The topological polar surface area (TPSA) is 52.2 Å². The second kappa shape index (κ2) is 6.24. The number of piperidine rings is 1. The van der Waals surface area contributed by atoms with Crippen LogP contribution in [0.5, 0.6) is 0 Å². The van der Waals surface area contributed by atoms with E-state index in [1.165, 1.54) is 12.0 Å². The second-order valence-corrected chi connectivity index (χ2v) is 5.93. The van der Waals surface area contributed by atoms with Gasteiger partial charge in [-0.3, -0.25) is 4.99 Å². The molecule has 0 bridgehead atoms. The molecule has 4 nitrogen and oxygen atoms in total. The van der Waals surface area contributed by atoms with E-state index in [2.05, 4.69) is 49.4 Å². The number of hydrogen-bond donors (Lipinski definition) is 3. The quantitative estimate of drug-likeness (QED) is 0.731. The number of rotatable bonds is 4. The molecule has 106 valence electrons. The molecule has 0 aliphatic carbocycles. The summed E-state index contributed by atoms with van der Waals surface area (Å²) in [5, 5.41) is 6.88. The molecule has 1 aliphatic rings. The van der Waals surface area contributed by atoms with Gasteiger partial charge in [-0.2, -0.15) is 0 Å². The van der Waals surface area contributed by atoms with E-state index in [1.54, 1.807) is 0 Å². The van der Waals surface area contributed by atoms with Crippen molar-refractivity contribution in [3.8, 4) is 0 Å². The first kappa shape index (κ1) is 14.1. The van der Waals surface area contributed by atoms with Crippen LogP contribution in [0, 0.1) is 5.92 Å². The predicted molar refractivity (Wildman–Crippen MR) is 82.2 cm³/mol. The van der Waals surface area contributed by atoms with Crippen molar-refractivity contribution < 1.29 is 0 Å². The summed E-state index contributed by atoms with van der Waals surface area (Å²) in [5.41, 5.74) is 2.30. The zero-order valence-corrected chi connectivity index (χ0v) is 12.5. The van der Waals surface area contributed by atoms with Crippen LogP contribution in [0.1, 0.15) is 39.7 Å². The molecule has 2 heterocycles. The van der Waals surface area contributed by atoms with Gasteiger partial charge in [0.05, 0.1) is 6.04 Å². The van der Waals surface area contributed by atoms with E-state index in [4.69, 9.17) is 4.99 Å². The maximum absolute atomic E-state index is 4.89. The van der Waals surface area contributed by atoms with E-state index in [9.17, 15) is 0 Å². The van der Waals surface area contributed by atoms with Crippen molar-refractivity contribution in [2.24, 2.45) is 10.9 Å². The molecule has 1 saturated heterocycles. The SMILES string of the molecule is CC(=N[C@@H]1CNC[C@H](C)C1)c1cc[nH]c1NC(C)C. The Hall–Kier alpha value is -1.29. The van der Waals surface area contributed by atoms with Gasteiger partial charge in [0.1, 0.15) is 5.82 Å². The highest BCUT2D eigenvalue weighted by Crippen LogP contribution is 2.18. The summed E-state index contributed by atoms with van der Waals surface area (Å²) in [4.78, 5) is 8.15. The lowest BCUT2D eigenvalue weighted by Gasteiger charge is -2.25. The lowest BCUT2D eigenvalue weighted by atomic mass is 9.98. The zero-order valence-electron chi connectivity index (χ0n) is 12.5. The number of aliphatic imine (C=N–C) groups is 1. The minimum absolute atomic E-state index is 0.408. The van der Waals surface area contributed by atoms with Gasteiger partial charge in [-0.05, 0) is 45.7 Å². The fourth-order valence-corrected chi connectivity index (χ4v) is 2.65. The second-order valence-electron chi connectivity index (χ2n) is 5.93. The molecule has 3 N–H and O–H groups in total. The van der Waals surface area contributed by atoms with Crippen LogP contribution in [0.4, 0.5) is 5.82 Å². The Morgan fingerprint density at radius 3 is 2.89 bits per heavy atom. The van der Waals surface area contributed by atoms with Crippen LogP contribution in [0.3, 0.4) is 0 Å². The van der Waals surface area contributed by atoms with E-state index in [0.29, 0.717) is 12.1 Å². The van der Waals surface area contributed by atoms with E-state index in [1.807, 2.05) is 6.20 Å². The molecule has 0 amide bonds. The van der Waals surface area contributed by atoms with Crippen LogP contribution in [0.2, 0.25) is 0 Å². The summed E-state index contributed by atoms with van der Waals surface area (Å²) in [6.07, 6.45) is 3.16. The first-order valence-corrected chi connectivity index (χ1v) is 7.25. The standard InChI is InChI=1S/C15H26N4/c1-10(2)18-15-14(5-6-17-15)12(4)19-13-7-11(3)8-16-9-13/h5-6,10-11,13,16-18H,7-9H2,1-4H3/t11-,13+/m1/s1. The third kappa shape index (κ3) is 3.83. The number of hydrogen-bond acceptors (Lipinski definition) is 3. The molecule has 0 spiro atoms. The third-order valence-corrected chi connectivity index (χ3v) is 3.49. The van der Waals surface area contributed by atoms with Gasteiger partial charge >= 0.3 is 0 Å². The molecule has 1 fully saturated rings. The summed E-state index contributed by atoms with van der Waals surface area (Å²) in [6, 6.07) is 2.93. The highest BCUT2D eigenvalue weighted by atomic mass is 15.0. The summed E-state index contributed by atoms with van der Waals surface area (Å²) in [6.45, 7) is 10.8. The van der Waals surface area contributed by atoms with Crippen LogP contribution >= 0.6 is 0 Å². The predicted octanol–water partition coefficient (Wildman–Crippen LogP) is 2.64. The monoisotopic (exact) mass is 262 g/mol. The fraction of sp³-hybridized carbons (Fsp3) is 0.667. The van der Waals surface area contributed by atoms with E-state index < -0.39 is 0 Å². The van der Waals surface area contributed by atoms with Gasteiger partial charge in [-0.15, -0.1) is 0 Å². The highest BCUT2D eigenvalue weighted by Gasteiger charge is 2.18. The largest absolute Gasteiger partial charge is 0.369 e. The van der Waals surface area contributed by atoms with Gasteiger partial charge in [-0.1, -0.05) is 6.92 Å². The first-order chi connectivity index (χ1) is 9.06. The summed E-state index contributed by atoms with van der Waals surface area (Å²) in [7, 11) is 0. The average Bonchev–Trinajstić information content (AvgIpc) is 2.76. The minimum atomic E-state index is 0.408. The Morgan fingerprint density at radius 1 is 1.42 bits per heavy atom. The minimum Gasteiger partial charge on any atom is -0.369 e. The number of anilines is 1. The molecule has 1 aromatic rings. The molecule has 2 atom stereocenters. The molecule has 1 aliphatic heterocycles. The van der Waals surface area contributed by atoms with Crippen LogP contribution < -0.4 is 10.6 Å². The van der Waals surface area contributed by atoms with Gasteiger partial charge in [0.25, 0.3) is 0 Å². The van der Waals surface area contributed by atoms with Gasteiger partial charge < -0.3 is 15.6 Å². The molecule has 1 aromatic heterocycles. The number of H-pyrrole nitrogens is 1. The van der Waals surface area contributed by atoms with Crippen molar-refractivity contribution in [2.75, 3.05) is 18.4 Å². The lowest BCUT2D eigenvalue weighted by Crippen LogP contribution is -2.37. The molecule has 2 rings (SSSR count). The molecule has 0 aromatic carbocycles. The van der Waals surface area contributed by atoms with Crippen molar-refractivity contribution in [3.63, 3.8) is 0 Å². The molecular weight excluding hydrogens is 236 g/mol. The van der Waals surface area contributed by atoms with Crippen molar-refractivity contribution in [3.05, 3.63) is 17.8 Å². The molecule has 0 unspecified atom stereocenters. The Morgan fingerprint density at radius 2 is 2.21 bits per heavy atom. The van der Waals surface area contributed by atoms with E-state index >= 15 is 0 Å². The van der Waals surface area contributed by atoms with Gasteiger partial charge in [0.2, 0.25) is 0 Å². The Balaban J connectivity index is 2.10. The summed E-state index contributed by atoms with van der Waals surface area (Å²) in [5.74, 6) is 1.79. The van der Waals surface area contributed by atoms with E-state index in [-0.39, 0.29) is 0 Å². The summed E-state index contributed by atoms with van der Waals surface area (Å²) < 4.78 is 0. The Labute approximate surface area is 116 Å². The molecule has 0 saturated carbocycles. The van der Waals surface area contributed by atoms with Crippen molar-refractivity contribution in [1.82, 2.24) is 10.3 Å². The van der Waals surface area contributed by atoms with E-state index in [0.717, 1.165) is 30.5 Å². The molecule has 19 heavy (non-hydrogen) atoms. The van der Waals surface area contributed by atoms with Gasteiger partial charge in [0, 0.05) is 30.1 Å². The maximum Gasteiger partial charge on any atom is 0.112 e. The Bertz CT molecular complexity index is 433. The fourth-order valence-electron chi connectivity index (χ4n) is 2.65. The van der Waals surface area contributed by atoms with Crippen LogP contribution in [0.15, 0.2) is 17.3 Å². The maximum atomic E-state index is 4.89. The van der Waals surface area contributed by atoms with Gasteiger partial charge in [-0.25, -0.2) is 0 Å². The molecule has 0 radical (unpaired) electrons. The van der Waals surface area contributed by atoms with Crippen LogP contribution in [0.25, 0.3) is 0 Å². The molecular formula is C15H26N4. The van der Waals surface area contributed by atoms with Crippen LogP contribution in [-0.4, -0.2) is 35.9 Å². The lowest BCUT2D eigenvalue weighted by molar-refractivity contribution is 0.365. The van der Waals surface area contributed by atoms with Crippen molar-refractivity contribution in [1.29, 1.82) is 0 Å². The molecule has 4 heteroatoms. The summed E-state index contributed by atoms with van der Waals surface area (Å²) >= 11 is 0. The highest BCUT2D eigenvalue weighted by molar-refractivity contribution is 6.03. The number of aromatic amines is 1. The number of aromatic nitrogens is 1. The van der Waals surface area contributed by atoms with Crippen molar-refractivity contribution >= 4 is 11.5 Å². The first-order valence-electron chi connectivity index (χ1n) is 7.25. The van der Waals surface area contributed by atoms with Crippen LogP contribution in [-0.2, 0) is 0 Å². The zero-order chi connectivity index (χ0) is 13.8. The number of nitrogens with one attached hydrogen (secondary N) is 3.